The summed E-state index contributed by atoms with van der Waals surface area (Å²) in [7, 11) is 0. The zero-order chi connectivity index (χ0) is 21.8. The predicted octanol–water partition coefficient (Wildman–Crippen LogP) is 4.21. The van der Waals surface area contributed by atoms with Crippen molar-refractivity contribution in [2.45, 2.75) is 26.4 Å². The molecule has 158 valence electrons. The highest BCUT2D eigenvalue weighted by Gasteiger charge is 2.24. The van der Waals surface area contributed by atoms with Crippen molar-refractivity contribution in [3.8, 4) is 5.75 Å². The quantitative estimate of drug-likeness (QED) is 0.433. The fourth-order valence-electron chi connectivity index (χ4n) is 2.97. The molecule has 1 N–H and O–H groups in total. The summed E-state index contributed by atoms with van der Waals surface area (Å²) >= 11 is 1.32. The van der Waals surface area contributed by atoms with Crippen LogP contribution < -0.4 is 10.1 Å². The molecule has 1 amide bonds. The van der Waals surface area contributed by atoms with Gasteiger partial charge in [0, 0.05) is 0 Å². The number of nitrogens with zero attached hydrogens (tertiary/aromatic N) is 3. The number of rotatable bonds is 7. The molecule has 0 saturated heterocycles. The van der Waals surface area contributed by atoms with Crippen molar-refractivity contribution in [2.24, 2.45) is 0 Å². The summed E-state index contributed by atoms with van der Waals surface area (Å²) in [6, 6.07) is 12.8. The third kappa shape index (κ3) is 4.61. The second-order valence-corrected chi connectivity index (χ2v) is 7.65. The van der Waals surface area contributed by atoms with Gasteiger partial charge in [-0.05, 0) is 43.7 Å². The van der Waals surface area contributed by atoms with Crippen LogP contribution in [0, 0.1) is 0 Å². The molecule has 0 aliphatic carbocycles. The summed E-state index contributed by atoms with van der Waals surface area (Å²) in [6.07, 6.45) is 0.670. The molecule has 2 aromatic heterocycles. The number of aromatic nitrogens is 3. The number of thiazole rings is 1. The second-order valence-electron chi connectivity index (χ2n) is 6.62. The maximum absolute atomic E-state index is 12.7. The first-order chi connectivity index (χ1) is 15.1. The van der Waals surface area contributed by atoms with Gasteiger partial charge >= 0.3 is 5.97 Å². The number of esters is 1. The van der Waals surface area contributed by atoms with E-state index in [4.69, 9.17) is 9.47 Å². The number of para-hydroxylation sites is 2. The number of nitrogens with one attached hydrogen (secondary N) is 1. The smallest absolute Gasteiger partial charge is 0.359 e. The average Bonchev–Trinajstić information content (AvgIpc) is 3.18. The minimum atomic E-state index is -0.980. The first-order valence-corrected chi connectivity index (χ1v) is 10.7. The maximum Gasteiger partial charge on any atom is 0.359 e. The molecule has 4 aromatic rings. The number of anilines is 1. The Hall–Kier alpha value is -3.59. The Labute approximate surface area is 182 Å². The Morgan fingerprint density at radius 2 is 1.87 bits per heavy atom. The van der Waals surface area contributed by atoms with Gasteiger partial charge in [0.05, 0.1) is 34.1 Å². The highest BCUT2D eigenvalue weighted by Crippen LogP contribution is 2.29. The molecule has 2 aromatic carbocycles. The van der Waals surface area contributed by atoms with E-state index < -0.39 is 18.0 Å². The van der Waals surface area contributed by atoms with Crippen molar-refractivity contribution in [3.05, 3.63) is 54.4 Å². The van der Waals surface area contributed by atoms with Crippen LogP contribution in [0.25, 0.3) is 21.3 Å². The molecule has 0 spiro atoms. The first-order valence-electron chi connectivity index (χ1n) is 9.84. The molecule has 31 heavy (non-hydrogen) atoms. The van der Waals surface area contributed by atoms with Crippen LogP contribution in [-0.2, 0) is 9.53 Å². The lowest BCUT2D eigenvalue weighted by Gasteiger charge is -2.14. The lowest BCUT2D eigenvalue weighted by molar-refractivity contribution is -0.124. The van der Waals surface area contributed by atoms with Gasteiger partial charge in [0.15, 0.2) is 16.9 Å². The van der Waals surface area contributed by atoms with E-state index >= 15 is 0 Å². The van der Waals surface area contributed by atoms with Gasteiger partial charge in [-0.1, -0.05) is 30.4 Å². The molecule has 0 fully saturated rings. The van der Waals surface area contributed by atoms with E-state index in [9.17, 15) is 9.59 Å². The number of benzene rings is 2. The molecule has 2 heterocycles. The third-order valence-electron chi connectivity index (χ3n) is 4.47. The van der Waals surface area contributed by atoms with Gasteiger partial charge in [0.25, 0.3) is 5.91 Å². The topological polar surface area (TPSA) is 103 Å². The van der Waals surface area contributed by atoms with Gasteiger partial charge in [-0.25, -0.2) is 14.8 Å². The van der Waals surface area contributed by atoms with E-state index in [2.05, 4.69) is 20.3 Å². The standard InChI is InChI=1S/C22H20N4O4S/c1-3-18(30-21(28)17-12-23-14-7-5-6-8-15(14)24-17)20(27)26-22-25-16-10-9-13(29-4-2)11-19(16)31-22/h5-12,18H,3-4H2,1-2H3,(H,25,26,27). The lowest BCUT2D eigenvalue weighted by atomic mass is 10.2. The fraction of sp³-hybridized carbons (Fsp3) is 0.227. The third-order valence-corrected chi connectivity index (χ3v) is 5.40. The minimum absolute atomic E-state index is 0.0494. The number of ether oxygens (including phenoxy) is 2. The summed E-state index contributed by atoms with van der Waals surface area (Å²) in [4.78, 5) is 38.1. The molecule has 0 bridgehead atoms. The van der Waals surface area contributed by atoms with Crippen LogP contribution >= 0.6 is 11.3 Å². The van der Waals surface area contributed by atoms with Crippen LogP contribution in [0.1, 0.15) is 30.8 Å². The van der Waals surface area contributed by atoms with Crippen molar-refractivity contribution >= 4 is 49.6 Å². The van der Waals surface area contributed by atoms with Crippen molar-refractivity contribution in [3.63, 3.8) is 0 Å². The molecular weight excluding hydrogens is 416 g/mol. The number of amides is 1. The molecule has 8 nitrogen and oxygen atoms in total. The van der Waals surface area contributed by atoms with Gasteiger partial charge in [0.1, 0.15) is 5.75 Å². The second kappa shape index (κ2) is 9.05. The highest BCUT2D eigenvalue weighted by molar-refractivity contribution is 7.22. The summed E-state index contributed by atoms with van der Waals surface area (Å²) in [6.45, 7) is 4.24. The largest absolute Gasteiger partial charge is 0.494 e. The van der Waals surface area contributed by atoms with Gasteiger partial charge in [-0.3, -0.25) is 15.1 Å². The van der Waals surface area contributed by atoms with Gasteiger partial charge < -0.3 is 9.47 Å². The van der Waals surface area contributed by atoms with Crippen molar-refractivity contribution in [1.29, 1.82) is 0 Å². The van der Waals surface area contributed by atoms with E-state index in [1.807, 2.05) is 37.3 Å². The van der Waals surface area contributed by atoms with E-state index in [1.54, 1.807) is 19.1 Å². The van der Waals surface area contributed by atoms with Gasteiger partial charge in [-0.15, -0.1) is 0 Å². The molecule has 0 saturated carbocycles. The van der Waals surface area contributed by atoms with E-state index in [0.29, 0.717) is 29.2 Å². The Kier molecular flexibility index (Phi) is 6.03. The van der Waals surface area contributed by atoms with Crippen molar-refractivity contribution < 1.29 is 19.1 Å². The van der Waals surface area contributed by atoms with E-state index in [-0.39, 0.29) is 5.69 Å². The van der Waals surface area contributed by atoms with Crippen molar-refractivity contribution in [2.75, 3.05) is 11.9 Å². The molecule has 9 heteroatoms. The van der Waals surface area contributed by atoms with E-state index in [1.165, 1.54) is 17.5 Å². The van der Waals surface area contributed by atoms with Crippen LogP contribution in [0.4, 0.5) is 5.13 Å². The zero-order valence-electron chi connectivity index (χ0n) is 17.0. The average molecular weight is 436 g/mol. The Bertz CT molecular complexity index is 1260. The first kappa shape index (κ1) is 20.7. The Morgan fingerprint density at radius 3 is 2.65 bits per heavy atom. The van der Waals surface area contributed by atoms with Crippen LogP contribution in [0.15, 0.2) is 48.7 Å². The minimum Gasteiger partial charge on any atom is -0.494 e. The normalized spacial score (nSPS) is 11.9. The van der Waals surface area contributed by atoms with Gasteiger partial charge in [-0.2, -0.15) is 0 Å². The Balaban J connectivity index is 1.46. The summed E-state index contributed by atoms with van der Waals surface area (Å²) in [5, 5.41) is 3.16. The molecular formula is C22H20N4O4S. The molecule has 1 unspecified atom stereocenters. The predicted molar refractivity (Wildman–Crippen MR) is 118 cm³/mol. The summed E-state index contributed by atoms with van der Waals surface area (Å²) in [5.41, 5.74) is 2.05. The summed E-state index contributed by atoms with van der Waals surface area (Å²) in [5.74, 6) is -0.409. The molecule has 0 radical (unpaired) electrons. The Morgan fingerprint density at radius 1 is 1.06 bits per heavy atom. The number of fused-ring (bicyclic) bond motifs is 2. The highest BCUT2D eigenvalue weighted by atomic mass is 32.1. The van der Waals surface area contributed by atoms with Crippen LogP contribution in [0.5, 0.6) is 5.75 Å². The number of hydrogen-bond acceptors (Lipinski definition) is 8. The molecule has 0 aliphatic rings. The number of hydrogen-bond donors (Lipinski definition) is 1. The monoisotopic (exact) mass is 436 g/mol. The number of carbonyl (C=O) groups excluding carboxylic acids is 2. The fourth-order valence-corrected chi connectivity index (χ4v) is 3.87. The van der Waals surface area contributed by atoms with Gasteiger partial charge in [0.2, 0.25) is 0 Å². The van der Waals surface area contributed by atoms with Crippen molar-refractivity contribution in [1.82, 2.24) is 15.0 Å². The van der Waals surface area contributed by atoms with Crippen LogP contribution in [0.3, 0.4) is 0 Å². The molecule has 4 rings (SSSR count). The maximum atomic E-state index is 12.7. The van der Waals surface area contributed by atoms with E-state index in [0.717, 1.165) is 16.0 Å². The molecule has 0 aliphatic heterocycles. The van der Waals surface area contributed by atoms with Crippen LogP contribution in [-0.4, -0.2) is 39.5 Å². The number of carbonyl (C=O) groups is 2. The van der Waals surface area contributed by atoms with Crippen LogP contribution in [0.2, 0.25) is 0 Å². The molecule has 1 atom stereocenters. The SMILES string of the molecule is CCOc1ccc2nc(NC(=O)C(CC)OC(=O)c3cnc4ccccc4n3)sc2c1. The zero-order valence-corrected chi connectivity index (χ0v) is 17.8. The summed E-state index contributed by atoms with van der Waals surface area (Å²) < 4.78 is 11.8. The lowest BCUT2D eigenvalue weighted by Crippen LogP contribution is -2.32.